The molecule has 0 aromatic heterocycles. The molecule has 8 nitrogen and oxygen atoms in total. The van der Waals surface area contributed by atoms with Crippen LogP contribution in [-0.4, -0.2) is 106 Å². The second kappa shape index (κ2) is 14.6. The fourth-order valence-corrected chi connectivity index (χ4v) is 8.72. The number of nitrogens with zero attached hydrogens (tertiary/aromatic N) is 5. The number of aliphatic hydroxyl groups is 1. The van der Waals surface area contributed by atoms with Crippen LogP contribution in [0.5, 0.6) is 0 Å². The Kier molecular flexibility index (Phi) is 11.1. The molecule has 3 fully saturated rings. The molecular weight excluding hydrogens is 558 g/mol. The predicted octanol–water partition coefficient (Wildman–Crippen LogP) is 5.26. The predicted molar refractivity (Wildman–Crippen MR) is 186 cm³/mol. The Morgan fingerprint density at radius 2 is 1.69 bits per heavy atom. The fraction of sp³-hybridized carbons (Fsp3) is 0.784. The van der Waals surface area contributed by atoms with Gasteiger partial charge < -0.3 is 25.5 Å². The number of likely N-dealkylation sites (tertiary alicyclic amines) is 1. The molecule has 252 valence electrons. The van der Waals surface area contributed by atoms with E-state index in [1.807, 2.05) is 6.92 Å². The van der Waals surface area contributed by atoms with Gasteiger partial charge in [-0.2, -0.15) is 0 Å². The van der Waals surface area contributed by atoms with Crippen LogP contribution in [0.4, 0.5) is 0 Å². The third kappa shape index (κ3) is 8.34. The largest absolute Gasteiger partial charge is 0.391 e. The molecular formula is C37H63N7O. The van der Waals surface area contributed by atoms with E-state index < -0.39 is 6.10 Å². The Morgan fingerprint density at radius 3 is 2.33 bits per heavy atom. The number of guanidine groups is 2. The number of nitrogens with one attached hydrogen (secondary N) is 1. The molecule has 45 heavy (non-hydrogen) atoms. The highest BCUT2D eigenvalue weighted by Gasteiger charge is 2.43. The average Bonchev–Trinajstić information content (AvgIpc) is 3.67. The van der Waals surface area contributed by atoms with Crippen LogP contribution in [0, 0.1) is 28.6 Å². The second-order valence-corrected chi connectivity index (χ2v) is 16.3. The lowest BCUT2D eigenvalue weighted by molar-refractivity contribution is 0.0867. The monoisotopic (exact) mass is 622 g/mol. The zero-order valence-corrected chi connectivity index (χ0v) is 29.2. The van der Waals surface area contributed by atoms with Gasteiger partial charge in [0.05, 0.1) is 24.7 Å². The number of nitrogens with two attached hydrogens (primary N) is 1. The summed E-state index contributed by atoms with van der Waals surface area (Å²) in [7, 11) is 0. The maximum atomic E-state index is 11.0. The van der Waals surface area contributed by atoms with Gasteiger partial charge in [0.2, 0.25) is 0 Å². The SMILES string of the molecule is CC(C)C[C@@H]1CN=C(N)N1C[C@@H]1CCCN1C[C@@H](Cc1ccccc1)N1C[C@@H]([C@@H](C)O)N(CC2CCC(C(C)(C)C)CC2)C1=N. The number of benzene rings is 1. The zero-order chi connectivity index (χ0) is 32.3. The van der Waals surface area contributed by atoms with Crippen molar-refractivity contribution >= 4 is 11.9 Å². The van der Waals surface area contributed by atoms with Crippen LogP contribution in [0.2, 0.25) is 0 Å². The average molecular weight is 622 g/mol. The minimum absolute atomic E-state index is 0.0390. The standard InChI is InChI=1S/C37H63N7O/c1-26(2)19-32-21-40-35(38)42(32)24-31-13-10-18-41(31)23-33(20-28-11-8-7-9-12-28)43-25-34(27(3)45)44(36(43)39)22-29-14-16-30(17-15-29)37(4,5)6/h7-9,11-12,26-27,29-34,39,45H,10,13-25H2,1-6H3,(H2,38,40)/t27-,29?,30?,31+,32-,33-,34+/m1/s1. The van der Waals surface area contributed by atoms with Crippen molar-refractivity contribution in [2.24, 2.45) is 33.9 Å². The summed E-state index contributed by atoms with van der Waals surface area (Å²) in [6.07, 6.45) is 8.90. The van der Waals surface area contributed by atoms with Gasteiger partial charge in [0, 0.05) is 38.3 Å². The highest BCUT2D eigenvalue weighted by molar-refractivity contribution is 5.80. The third-order valence-electron chi connectivity index (χ3n) is 11.5. The third-order valence-corrected chi connectivity index (χ3v) is 11.5. The normalized spacial score (nSPS) is 29.6. The number of aliphatic imine (C=N–C) groups is 1. The first-order chi connectivity index (χ1) is 21.4. The van der Waals surface area contributed by atoms with E-state index in [-0.39, 0.29) is 12.1 Å². The molecule has 3 heterocycles. The molecule has 0 spiro atoms. The van der Waals surface area contributed by atoms with Gasteiger partial charge >= 0.3 is 0 Å². The van der Waals surface area contributed by atoms with Crippen LogP contribution in [0.1, 0.15) is 92.1 Å². The first-order valence-electron chi connectivity index (χ1n) is 18.0. The number of hydrogen-bond donors (Lipinski definition) is 3. The lowest BCUT2D eigenvalue weighted by Gasteiger charge is -2.39. The maximum Gasteiger partial charge on any atom is 0.194 e. The molecule has 4 N–H and O–H groups in total. The minimum Gasteiger partial charge on any atom is -0.391 e. The Hall–Kier alpha value is -2.32. The van der Waals surface area contributed by atoms with Gasteiger partial charge in [-0.1, -0.05) is 65.0 Å². The first-order valence-corrected chi connectivity index (χ1v) is 18.0. The van der Waals surface area contributed by atoms with E-state index in [0.717, 1.165) is 51.5 Å². The van der Waals surface area contributed by atoms with Gasteiger partial charge in [-0.25, -0.2) is 0 Å². The van der Waals surface area contributed by atoms with Gasteiger partial charge in [0.25, 0.3) is 0 Å². The first kappa shape index (κ1) is 34.0. The van der Waals surface area contributed by atoms with Crippen LogP contribution in [-0.2, 0) is 6.42 Å². The van der Waals surface area contributed by atoms with Gasteiger partial charge in [-0.15, -0.1) is 0 Å². The summed E-state index contributed by atoms with van der Waals surface area (Å²) in [6.45, 7) is 19.0. The molecule has 5 rings (SSSR count). The summed E-state index contributed by atoms with van der Waals surface area (Å²) >= 11 is 0. The molecule has 0 bridgehead atoms. The van der Waals surface area contributed by atoms with E-state index in [0.29, 0.717) is 47.8 Å². The van der Waals surface area contributed by atoms with Gasteiger partial charge in [-0.05, 0) is 93.6 Å². The van der Waals surface area contributed by atoms with Crippen LogP contribution >= 0.6 is 0 Å². The van der Waals surface area contributed by atoms with Crippen LogP contribution in [0.3, 0.4) is 0 Å². The lowest BCUT2D eigenvalue weighted by Crippen LogP contribution is -2.52. The van der Waals surface area contributed by atoms with Crippen LogP contribution < -0.4 is 5.73 Å². The van der Waals surface area contributed by atoms with Crippen molar-refractivity contribution in [1.82, 2.24) is 19.6 Å². The molecule has 0 amide bonds. The number of rotatable bonds is 12. The Morgan fingerprint density at radius 1 is 0.978 bits per heavy atom. The van der Waals surface area contributed by atoms with E-state index in [1.165, 1.54) is 44.1 Å². The highest BCUT2D eigenvalue weighted by Crippen LogP contribution is 2.40. The van der Waals surface area contributed by atoms with Crippen molar-refractivity contribution in [3.05, 3.63) is 35.9 Å². The Balaban J connectivity index is 1.31. The Labute approximate surface area is 273 Å². The molecule has 5 atom stereocenters. The van der Waals surface area contributed by atoms with Crippen molar-refractivity contribution < 1.29 is 5.11 Å². The molecule has 3 aliphatic heterocycles. The van der Waals surface area contributed by atoms with E-state index in [2.05, 4.69) is 89.5 Å². The highest BCUT2D eigenvalue weighted by atomic mass is 16.3. The second-order valence-electron chi connectivity index (χ2n) is 16.3. The summed E-state index contributed by atoms with van der Waals surface area (Å²) in [5, 5.41) is 20.5. The number of aliphatic hydroxyl groups excluding tert-OH is 1. The van der Waals surface area contributed by atoms with Crippen molar-refractivity contribution in [2.75, 3.05) is 39.3 Å². The van der Waals surface area contributed by atoms with Crippen LogP contribution in [0.15, 0.2) is 35.3 Å². The molecule has 1 aromatic carbocycles. The molecule has 8 heteroatoms. The van der Waals surface area contributed by atoms with Gasteiger partial charge in [-0.3, -0.25) is 15.3 Å². The van der Waals surface area contributed by atoms with Gasteiger partial charge in [0.15, 0.2) is 11.9 Å². The summed E-state index contributed by atoms with van der Waals surface area (Å²) in [5.74, 6) is 3.31. The minimum atomic E-state index is -0.478. The van der Waals surface area contributed by atoms with E-state index >= 15 is 0 Å². The molecule has 4 aliphatic rings. The summed E-state index contributed by atoms with van der Waals surface area (Å²) < 4.78 is 0. The topological polar surface area (TPSA) is 95.4 Å². The van der Waals surface area contributed by atoms with E-state index in [4.69, 9.17) is 5.73 Å². The maximum absolute atomic E-state index is 11.0. The van der Waals surface area contributed by atoms with Gasteiger partial charge in [0.1, 0.15) is 0 Å². The summed E-state index contributed by atoms with van der Waals surface area (Å²) in [5.41, 5.74) is 8.12. The van der Waals surface area contributed by atoms with Crippen LogP contribution in [0.25, 0.3) is 0 Å². The Bertz CT molecular complexity index is 1120. The van der Waals surface area contributed by atoms with E-state index in [1.54, 1.807) is 0 Å². The molecule has 0 radical (unpaired) electrons. The van der Waals surface area contributed by atoms with E-state index in [9.17, 15) is 10.5 Å². The molecule has 1 aromatic rings. The smallest absolute Gasteiger partial charge is 0.194 e. The number of hydrogen-bond acceptors (Lipinski definition) is 6. The lowest BCUT2D eigenvalue weighted by atomic mass is 9.70. The summed E-state index contributed by atoms with van der Waals surface area (Å²) in [4.78, 5) is 14.3. The zero-order valence-electron chi connectivity index (χ0n) is 29.2. The quantitative estimate of drug-likeness (QED) is 0.295. The van der Waals surface area contributed by atoms with Crippen molar-refractivity contribution in [2.45, 2.75) is 123 Å². The van der Waals surface area contributed by atoms with Crippen molar-refractivity contribution in [3.8, 4) is 0 Å². The summed E-state index contributed by atoms with van der Waals surface area (Å²) in [6, 6.07) is 11.8. The molecule has 1 saturated carbocycles. The van der Waals surface area contributed by atoms with Crippen molar-refractivity contribution in [3.63, 3.8) is 0 Å². The van der Waals surface area contributed by atoms with Crippen molar-refractivity contribution in [1.29, 1.82) is 5.41 Å². The molecule has 1 aliphatic carbocycles. The fourth-order valence-electron chi connectivity index (χ4n) is 8.72. The molecule has 2 saturated heterocycles. The molecule has 0 unspecified atom stereocenters.